The summed E-state index contributed by atoms with van der Waals surface area (Å²) in [6.07, 6.45) is 5.43. The van der Waals surface area contributed by atoms with Crippen molar-refractivity contribution in [1.29, 1.82) is 0 Å². The van der Waals surface area contributed by atoms with E-state index in [-0.39, 0.29) is 0 Å². The van der Waals surface area contributed by atoms with Gasteiger partial charge in [0.05, 0.1) is 18.5 Å². The second-order valence-electron chi connectivity index (χ2n) is 5.35. The lowest BCUT2D eigenvalue weighted by Gasteiger charge is -2.02. The molecule has 1 heterocycles. The van der Waals surface area contributed by atoms with Gasteiger partial charge in [0, 0.05) is 19.9 Å². The van der Waals surface area contributed by atoms with Gasteiger partial charge >= 0.3 is 0 Å². The molecule has 0 bridgehead atoms. The van der Waals surface area contributed by atoms with Gasteiger partial charge in [0.1, 0.15) is 0 Å². The van der Waals surface area contributed by atoms with E-state index in [1.807, 2.05) is 29.1 Å². The average molecular weight is 271 g/mol. The van der Waals surface area contributed by atoms with Crippen LogP contribution in [0, 0.1) is 5.92 Å². The minimum atomic E-state index is 0.669. The van der Waals surface area contributed by atoms with Gasteiger partial charge in [-0.2, -0.15) is 5.10 Å². The molecule has 1 N–H and O–H groups in total. The zero-order chi connectivity index (χ0) is 13.8. The number of rotatable bonds is 7. The second kappa shape index (κ2) is 6.20. The van der Waals surface area contributed by atoms with E-state index in [0.717, 1.165) is 31.3 Å². The number of nitrogens with one attached hydrogen (secondary N) is 1. The van der Waals surface area contributed by atoms with Crippen LogP contribution in [0.25, 0.3) is 5.69 Å². The van der Waals surface area contributed by atoms with Gasteiger partial charge in [0.25, 0.3) is 0 Å². The fourth-order valence-electron chi connectivity index (χ4n) is 2.59. The molecular formula is C16H21N3O. The van der Waals surface area contributed by atoms with Gasteiger partial charge in [-0.25, -0.2) is 4.68 Å². The van der Waals surface area contributed by atoms with E-state index in [1.165, 1.54) is 12.0 Å². The molecule has 2 atom stereocenters. The van der Waals surface area contributed by atoms with E-state index in [9.17, 15) is 0 Å². The normalized spacial score (nSPS) is 21.1. The van der Waals surface area contributed by atoms with Crippen LogP contribution in [0.2, 0.25) is 0 Å². The Bertz CT molecular complexity index is 538. The number of methoxy groups -OCH3 is 1. The van der Waals surface area contributed by atoms with Crippen molar-refractivity contribution in [2.24, 2.45) is 5.92 Å². The van der Waals surface area contributed by atoms with E-state index in [1.54, 1.807) is 7.11 Å². The molecule has 1 aliphatic carbocycles. The Kier molecular flexibility index (Phi) is 4.14. The monoisotopic (exact) mass is 271 g/mol. The molecule has 0 amide bonds. The Morgan fingerprint density at radius 1 is 1.35 bits per heavy atom. The summed E-state index contributed by atoms with van der Waals surface area (Å²) >= 11 is 0. The highest BCUT2D eigenvalue weighted by Crippen LogP contribution is 2.46. The van der Waals surface area contributed by atoms with Crippen LogP contribution < -0.4 is 5.32 Å². The van der Waals surface area contributed by atoms with Crippen LogP contribution in [0.5, 0.6) is 0 Å². The number of nitrogens with zero attached hydrogens (tertiary/aromatic N) is 2. The zero-order valence-electron chi connectivity index (χ0n) is 11.8. The molecule has 2 unspecified atom stereocenters. The lowest BCUT2D eigenvalue weighted by Crippen LogP contribution is -2.21. The van der Waals surface area contributed by atoms with Crippen LogP contribution in [0.1, 0.15) is 17.9 Å². The third-order valence-corrected chi connectivity index (χ3v) is 3.86. The average Bonchev–Trinajstić information content (AvgIpc) is 3.09. The first-order chi connectivity index (χ1) is 9.88. The van der Waals surface area contributed by atoms with Gasteiger partial charge in [-0.05, 0) is 42.5 Å². The molecule has 0 aliphatic heterocycles. The van der Waals surface area contributed by atoms with Crippen molar-refractivity contribution >= 4 is 0 Å². The summed E-state index contributed by atoms with van der Waals surface area (Å²) in [5.74, 6) is 1.42. The number of para-hydroxylation sites is 1. The fourth-order valence-corrected chi connectivity index (χ4v) is 2.59. The SMILES string of the molecule is COCCNCC1CC1c1cnn(-c2ccccc2)c1. The minimum Gasteiger partial charge on any atom is -0.383 e. The first-order valence-electron chi connectivity index (χ1n) is 7.18. The summed E-state index contributed by atoms with van der Waals surface area (Å²) < 4.78 is 6.99. The second-order valence-corrected chi connectivity index (χ2v) is 5.35. The van der Waals surface area contributed by atoms with Crippen LogP contribution in [0.3, 0.4) is 0 Å². The molecule has 1 aromatic carbocycles. The van der Waals surface area contributed by atoms with Crippen LogP contribution in [0.15, 0.2) is 42.7 Å². The summed E-state index contributed by atoms with van der Waals surface area (Å²) in [5.41, 5.74) is 2.47. The summed E-state index contributed by atoms with van der Waals surface area (Å²) in [6, 6.07) is 10.3. The molecule has 0 saturated heterocycles. The van der Waals surface area contributed by atoms with E-state index in [0.29, 0.717) is 5.92 Å². The van der Waals surface area contributed by atoms with E-state index in [2.05, 4.69) is 28.7 Å². The Morgan fingerprint density at radius 3 is 3.00 bits per heavy atom. The minimum absolute atomic E-state index is 0.669. The van der Waals surface area contributed by atoms with Crippen molar-refractivity contribution in [3.05, 3.63) is 48.3 Å². The van der Waals surface area contributed by atoms with E-state index < -0.39 is 0 Å². The summed E-state index contributed by atoms with van der Waals surface area (Å²) in [4.78, 5) is 0. The third kappa shape index (κ3) is 3.08. The van der Waals surface area contributed by atoms with Gasteiger partial charge in [-0.1, -0.05) is 18.2 Å². The molecule has 106 valence electrons. The zero-order valence-corrected chi connectivity index (χ0v) is 11.8. The Balaban J connectivity index is 1.54. The van der Waals surface area contributed by atoms with Gasteiger partial charge in [0.15, 0.2) is 0 Å². The lowest BCUT2D eigenvalue weighted by molar-refractivity contribution is 0.199. The topological polar surface area (TPSA) is 39.1 Å². The van der Waals surface area contributed by atoms with Crippen molar-refractivity contribution in [2.75, 3.05) is 26.8 Å². The van der Waals surface area contributed by atoms with Crippen LogP contribution in [-0.2, 0) is 4.74 Å². The Morgan fingerprint density at radius 2 is 2.20 bits per heavy atom. The predicted molar refractivity (Wildman–Crippen MR) is 79.2 cm³/mol. The molecule has 1 saturated carbocycles. The van der Waals surface area contributed by atoms with Crippen molar-refractivity contribution in [1.82, 2.24) is 15.1 Å². The standard InChI is InChI=1S/C16H21N3O/c1-20-8-7-17-10-13-9-16(13)14-11-18-19(12-14)15-5-3-2-4-6-15/h2-6,11-13,16-17H,7-10H2,1H3. The van der Waals surface area contributed by atoms with Gasteiger partial charge in [-0.15, -0.1) is 0 Å². The smallest absolute Gasteiger partial charge is 0.0645 e. The summed E-state index contributed by atoms with van der Waals surface area (Å²) in [7, 11) is 1.74. The highest BCUT2D eigenvalue weighted by atomic mass is 16.5. The summed E-state index contributed by atoms with van der Waals surface area (Å²) in [6.45, 7) is 2.79. The van der Waals surface area contributed by atoms with Crippen molar-refractivity contribution in [3.8, 4) is 5.69 Å². The third-order valence-electron chi connectivity index (χ3n) is 3.86. The molecule has 4 nitrogen and oxygen atoms in total. The number of hydrogen-bond donors (Lipinski definition) is 1. The quantitative estimate of drug-likeness (QED) is 0.785. The van der Waals surface area contributed by atoms with Crippen LogP contribution in [-0.4, -0.2) is 36.6 Å². The Labute approximate surface area is 119 Å². The first-order valence-corrected chi connectivity index (χ1v) is 7.18. The number of aromatic nitrogens is 2. The molecular weight excluding hydrogens is 250 g/mol. The van der Waals surface area contributed by atoms with Crippen LogP contribution >= 0.6 is 0 Å². The van der Waals surface area contributed by atoms with Crippen molar-refractivity contribution in [2.45, 2.75) is 12.3 Å². The van der Waals surface area contributed by atoms with Gasteiger partial charge in [0.2, 0.25) is 0 Å². The lowest BCUT2D eigenvalue weighted by atomic mass is 10.2. The maximum Gasteiger partial charge on any atom is 0.0645 e. The molecule has 1 fully saturated rings. The van der Waals surface area contributed by atoms with Gasteiger partial charge in [-0.3, -0.25) is 0 Å². The first kappa shape index (κ1) is 13.3. The molecule has 0 spiro atoms. The van der Waals surface area contributed by atoms with Crippen LogP contribution in [0.4, 0.5) is 0 Å². The van der Waals surface area contributed by atoms with Gasteiger partial charge < -0.3 is 10.1 Å². The highest BCUT2D eigenvalue weighted by Gasteiger charge is 2.38. The number of ether oxygens (including phenoxy) is 1. The van der Waals surface area contributed by atoms with Crippen molar-refractivity contribution < 1.29 is 4.74 Å². The van der Waals surface area contributed by atoms with E-state index in [4.69, 9.17) is 4.74 Å². The van der Waals surface area contributed by atoms with Crippen molar-refractivity contribution in [3.63, 3.8) is 0 Å². The Hall–Kier alpha value is -1.65. The maximum atomic E-state index is 5.03. The fraction of sp³-hybridized carbons (Fsp3) is 0.438. The molecule has 0 radical (unpaired) electrons. The largest absolute Gasteiger partial charge is 0.383 e. The number of hydrogen-bond acceptors (Lipinski definition) is 3. The molecule has 2 aromatic rings. The molecule has 1 aliphatic rings. The summed E-state index contributed by atoms with van der Waals surface area (Å²) in [5, 5.41) is 7.90. The maximum absolute atomic E-state index is 5.03. The number of benzene rings is 1. The highest BCUT2D eigenvalue weighted by molar-refractivity contribution is 5.32. The molecule has 4 heteroatoms. The molecule has 20 heavy (non-hydrogen) atoms. The predicted octanol–water partition coefficient (Wildman–Crippen LogP) is 2.21. The molecule has 1 aromatic heterocycles. The van der Waals surface area contributed by atoms with E-state index >= 15 is 0 Å². The molecule has 3 rings (SSSR count).